The Hall–Kier alpha value is -2.07. The minimum absolute atomic E-state index is 0.129. The first-order valence-electron chi connectivity index (χ1n) is 7.74. The molecule has 3 N–H and O–H groups in total. The highest BCUT2D eigenvalue weighted by Crippen LogP contribution is 2.42. The third kappa shape index (κ3) is 3.64. The molecule has 2 rings (SSSR count). The molecular weight excluding hydrogens is 340 g/mol. The molecule has 140 valence electrons. The number of aliphatic hydroxyl groups excluding tert-OH is 1. The quantitative estimate of drug-likeness (QED) is 0.741. The molecule has 25 heavy (non-hydrogen) atoms. The molecule has 3 atom stereocenters. The topological polar surface area (TPSA) is 117 Å². The number of esters is 1. The first-order valence-corrected chi connectivity index (χ1v) is 7.74. The van der Waals surface area contributed by atoms with E-state index in [9.17, 15) is 23.5 Å². The van der Waals surface area contributed by atoms with Gasteiger partial charge in [0.25, 0.3) is 0 Å². The van der Waals surface area contributed by atoms with Gasteiger partial charge in [0.1, 0.15) is 18.5 Å². The summed E-state index contributed by atoms with van der Waals surface area (Å²) < 4.78 is 39.3. The maximum Gasteiger partial charge on any atom is 0.351 e. The Bertz CT molecular complexity index is 707. The van der Waals surface area contributed by atoms with Crippen molar-refractivity contribution >= 4 is 11.8 Å². The predicted molar refractivity (Wildman–Crippen MR) is 82.8 cm³/mol. The van der Waals surface area contributed by atoms with E-state index in [4.69, 9.17) is 15.2 Å². The van der Waals surface area contributed by atoms with Crippen LogP contribution < -0.4 is 11.4 Å². The van der Waals surface area contributed by atoms with Gasteiger partial charge >= 0.3 is 17.6 Å². The van der Waals surface area contributed by atoms with Crippen molar-refractivity contribution in [2.45, 2.75) is 51.6 Å². The molecule has 8 nitrogen and oxygen atoms in total. The van der Waals surface area contributed by atoms with Gasteiger partial charge in [0.15, 0.2) is 6.10 Å². The molecule has 0 spiro atoms. The van der Waals surface area contributed by atoms with E-state index in [0.29, 0.717) is 11.0 Å². The fraction of sp³-hybridized carbons (Fsp3) is 0.667. The Balaban J connectivity index is 2.16. The number of rotatable bonds is 5. The summed E-state index contributed by atoms with van der Waals surface area (Å²) in [5, 5.41) is 9.84. The van der Waals surface area contributed by atoms with Gasteiger partial charge in [-0.3, -0.25) is 9.36 Å². The van der Waals surface area contributed by atoms with Crippen LogP contribution in [0, 0.1) is 5.41 Å². The molecule has 0 saturated carbocycles. The molecule has 2 heterocycles. The summed E-state index contributed by atoms with van der Waals surface area (Å²) in [6.07, 6.45) is -4.32. The van der Waals surface area contributed by atoms with E-state index in [1.807, 2.05) is 0 Å². The van der Waals surface area contributed by atoms with E-state index in [0.717, 1.165) is 12.3 Å². The van der Waals surface area contributed by atoms with Gasteiger partial charge in [0.05, 0.1) is 5.41 Å². The number of anilines is 1. The molecule has 0 aromatic carbocycles. The van der Waals surface area contributed by atoms with Crippen molar-refractivity contribution < 1.29 is 28.2 Å². The normalized spacial score (nSPS) is 25.8. The average Bonchev–Trinajstić information content (AvgIpc) is 2.76. The van der Waals surface area contributed by atoms with E-state index >= 15 is 0 Å². The van der Waals surface area contributed by atoms with Gasteiger partial charge in [0, 0.05) is 6.20 Å². The second-order valence-corrected chi connectivity index (χ2v) is 6.52. The zero-order valence-electron chi connectivity index (χ0n) is 14.1. The van der Waals surface area contributed by atoms with Gasteiger partial charge in [-0.2, -0.15) is 13.8 Å². The van der Waals surface area contributed by atoms with Gasteiger partial charge in [0.2, 0.25) is 6.23 Å². The molecule has 1 unspecified atom stereocenters. The molecule has 1 fully saturated rings. The summed E-state index contributed by atoms with van der Waals surface area (Å²) in [4.78, 5) is 27.0. The van der Waals surface area contributed by atoms with Crippen molar-refractivity contribution in [1.29, 1.82) is 0 Å². The number of nitrogens with two attached hydrogens (primary N) is 1. The third-order valence-corrected chi connectivity index (χ3v) is 4.30. The first kappa shape index (κ1) is 19.3. The van der Waals surface area contributed by atoms with E-state index in [1.165, 1.54) is 0 Å². The summed E-state index contributed by atoms with van der Waals surface area (Å²) in [5.74, 6) is -4.50. The van der Waals surface area contributed by atoms with Gasteiger partial charge in [-0.05, 0) is 26.3 Å². The molecule has 1 aliphatic heterocycles. The van der Waals surface area contributed by atoms with Crippen LogP contribution in [-0.4, -0.2) is 45.4 Å². The molecule has 0 radical (unpaired) electrons. The molecule has 10 heteroatoms. The van der Waals surface area contributed by atoms with Crippen molar-refractivity contribution in [3.8, 4) is 0 Å². The number of carbonyl (C=O) groups excluding carboxylic acids is 1. The molecule has 1 aliphatic rings. The van der Waals surface area contributed by atoms with Crippen molar-refractivity contribution in [2.75, 3.05) is 12.3 Å². The van der Waals surface area contributed by atoms with E-state index < -0.39 is 48.0 Å². The van der Waals surface area contributed by atoms with Crippen LogP contribution in [0.1, 0.15) is 33.4 Å². The van der Waals surface area contributed by atoms with E-state index in [1.54, 1.807) is 20.8 Å². The van der Waals surface area contributed by atoms with Crippen LogP contribution in [0.2, 0.25) is 0 Å². The van der Waals surface area contributed by atoms with Crippen LogP contribution >= 0.6 is 0 Å². The highest BCUT2D eigenvalue weighted by Gasteiger charge is 2.60. The number of hydrogen-bond acceptors (Lipinski definition) is 7. The predicted octanol–water partition coefficient (Wildman–Crippen LogP) is 0.698. The number of hydrogen-bond donors (Lipinski definition) is 2. The van der Waals surface area contributed by atoms with Crippen molar-refractivity contribution in [2.24, 2.45) is 5.41 Å². The summed E-state index contributed by atoms with van der Waals surface area (Å²) >= 11 is 0. The minimum atomic E-state index is -3.78. The van der Waals surface area contributed by atoms with Crippen molar-refractivity contribution in [1.82, 2.24) is 9.55 Å². The highest BCUT2D eigenvalue weighted by molar-refractivity contribution is 5.75. The third-order valence-electron chi connectivity index (χ3n) is 4.30. The van der Waals surface area contributed by atoms with Crippen LogP contribution in [0.4, 0.5) is 14.6 Å². The Morgan fingerprint density at radius 1 is 1.56 bits per heavy atom. The zero-order chi connectivity index (χ0) is 19.0. The minimum Gasteiger partial charge on any atom is -0.462 e. The van der Waals surface area contributed by atoms with Crippen molar-refractivity contribution in [3.63, 3.8) is 0 Å². The summed E-state index contributed by atoms with van der Waals surface area (Å²) in [6.45, 7) is 4.52. The lowest BCUT2D eigenvalue weighted by atomic mass is 9.91. The fourth-order valence-corrected chi connectivity index (χ4v) is 2.21. The second kappa shape index (κ2) is 6.68. The van der Waals surface area contributed by atoms with Crippen LogP contribution in [0.5, 0.6) is 0 Å². The maximum atomic E-state index is 14.3. The maximum absolute atomic E-state index is 14.3. The average molecular weight is 361 g/mol. The lowest BCUT2D eigenvalue weighted by Gasteiger charge is -2.22. The largest absolute Gasteiger partial charge is 0.462 e. The van der Waals surface area contributed by atoms with E-state index in [2.05, 4.69) is 4.98 Å². The lowest BCUT2D eigenvalue weighted by Crippen LogP contribution is -2.42. The fourth-order valence-electron chi connectivity index (χ4n) is 2.21. The first-order chi connectivity index (χ1) is 11.5. The van der Waals surface area contributed by atoms with Gasteiger partial charge in [-0.15, -0.1) is 0 Å². The Labute approximate surface area is 142 Å². The number of nitrogen functional groups attached to an aromatic ring is 1. The van der Waals surface area contributed by atoms with Crippen LogP contribution in [-0.2, 0) is 14.3 Å². The zero-order valence-corrected chi connectivity index (χ0v) is 14.1. The Morgan fingerprint density at radius 3 is 2.76 bits per heavy atom. The van der Waals surface area contributed by atoms with Gasteiger partial charge in [-0.1, -0.05) is 6.92 Å². The molecule has 0 aliphatic carbocycles. The molecular formula is C15H21F2N3O5. The smallest absolute Gasteiger partial charge is 0.351 e. The number of halogens is 2. The Morgan fingerprint density at radius 2 is 2.20 bits per heavy atom. The molecule has 0 amide bonds. The van der Waals surface area contributed by atoms with Gasteiger partial charge in [-0.25, -0.2) is 4.79 Å². The summed E-state index contributed by atoms with van der Waals surface area (Å²) in [7, 11) is 0. The molecule has 1 aromatic rings. The highest BCUT2D eigenvalue weighted by atomic mass is 19.3. The summed E-state index contributed by atoms with van der Waals surface area (Å²) in [5.41, 5.74) is 3.50. The van der Waals surface area contributed by atoms with Crippen LogP contribution in [0.3, 0.4) is 0 Å². The number of alkyl halides is 2. The van der Waals surface area contributed by atoms with E-state index in [-0.39, 0.29) is 5.82 Å². The number of carbonyl (C=O) groups is 1. The molecule has 0 bridgehead atoms. The van der Waals surface area contributed by atoms with Crippen molar-refractivity contribution in [3.05, 3.63) is 22.7 Å². The lowest BCUT2D eigenvalue weighted by molar-refractivity contribution is -0.160. The monoisotopic (exact) mass is 361 g/mol. The summed E-state index contributed by atoms with van der Waals surface area (Å²) in [6, 6.07) is 1.16. The van der Waals surface area contributed by atoms with Crippen LogP contribution in [0.15, 0.2) is 17.1 Å². The van der Waals surface area contributed by atoms with Gasteiger partial charge < -0.3 is 20.3 Å². The van der Waals surface area contributed by atoms with Crippen LogP contribution in [0.25, 0.3) is 0 Å². The SMILES string of the molecule is CCC(C)(C)C(=O)OC[C@H]1O[C@@H](n2ccc(N)nc2=O)C(F)(F)C1O. The standard InChI is InChI=1S/C15H21F2N3O5/c1-4-14(2,3)12(22)24-7-8-10(21)15(16,17)11(25-8)20-6-5-9(18)19-13(20)23/h5-6,8,10-11,21H,4,7H2,1-3H3,(H2,18,19,23)/t8-,10?,11-/m1/s1. The molecule has 1 aromatic heterocycles. The number of aromatic nitrogens is 2. The number of ether oxygens (including phenoxy) is 2. The second-order valence-electron chi connectivity index (χ2n) is 6.52. The number of nitrogens with zero attached hydrogens (tertiary/aromatic N) is 2. The number of aliphatic hydroxyl groups is 1. The Kier molecular flexibility index (Phi) is 5.14. The molecule has 1 saturated heterocycles.